The smallest absolute Gasteiger partial charge is 0.00450 e. The number of hydrogen-bond acceptors (Lipinski definition) is 2. The topological polar surface area (TPSA) is 47.7 Å². The van der Waals surface area contributed by atoms with Crippen LogP contribution in [0.25, 0.3) is 0 Å². The minimum absolute atomic E-state index is 0.674. The molecule has 0 saturated carbocycles. The Kier molecular flexibility index (Phi) is 7.00. The summed E-state index contributed by atoms with van der Waals surface area (Å²) in [6.45, 7) is 2.17. The molecule has 64 valence electrons. The Morgan fingerprint density at radius 1 is 1.27 bits per heavy atom. The molecule has 0 aliphatic rings. The van der Waals surface area contributed by atoms with E-state index in [-0.39, 0.29) is 0 Å². The van der Waals surface area contributed by atoms with Gasteiger partial charge in [-0.05, 0) is 44.0 Å². The predicted octanol–water partition coefficient (Wildman–Crippen LogP) is 2.87. The molecule has 0 aliphatic heterocycles. The Hall–Kier alpha value is -0.660. The summed E-state index contributed by atoms with van der Waals surface area (Å²) in [5.41, 5.74) is 0. The van der Waals surface area contributed by atoms with Gasteiger partial charge in [-0.2, -0.15) is 0 Å². The SMILES string of the molecule is CCC(CC=N)CCCC=N. The maximum atomic E-state index is 6.95. The van der Waals surface area contributed by atoms with Crippen LogP contribution in [-0.2, 0) is 0 Å². The van der Waals surface area contributed by atoms with Crippen LogP contribution < -0.4 is 0 Å². The number of rotatable bonds is 7. The summed E-state index contributed by atoms with van der Waals surface area (Å²) in [5, 5.41) is 13.8. The van der Waals surface area contributed by atoms with Gasteiger partial charge in [0, 0.05) is 0 Å². The normalized spacial score (nSPS) is 12.5. The van der Waals surface area contributed by atoms with Crippen molar-refractivity contribution >= 4 is 12.4 Å². The fourth-order valence-electron chi connectivity index (χ4n) is 1.16. The molecule has 0 aromatic rings. The molecule has 11 heavy (non-hydrogen) atoms. The Bertz CT molecular complexity index is 110. The van der Waals surface area contributed by atoms with Crippen molar-refractivity contribution in [3.8, 4) is 0 Å². The van der Waals surface area contributed by atoms with Crippen LogP contribution in [0.2, 0.25) is 0 Å². The van der Waals surface area contributed by atoms with Gasteiger partial charge in [-0.1, -0.05) is 13.3 Å². The van der Waals surface area contributed by atoms with Gasteiger partial charge < -0.3 is 10.8 Å². The second-order valence-corrected chi connectivity index (χ2v) is 2.85. The number of hydrogen-bond donors (Lipinski definition) is 2. The Balaban J connectivity index is 3.34. The minimum atomic E-state index is 0.674. The lowest BCUT2D eigenvalue weighted by atomic mass is 9.96. The zero-order valence-corrected chi connectivity index (χ0v) is 7.27. The molecule has 1 atom stereocenters. The van der Waals surface area contributed by atoms with Gasteiger partial charge in [0.2, 0.25) is 0 Å². The highest BCUT2D eigenvalue weighted by molar-refractivity contribution is 5.53. The van der Waals surface area contributed by atoms with Crippen LogP contribution in [0.5, 0.6) is 0 Å². The van der Waals surface area contributed by atoms with Crippen molar-refractivity contribution in [2.24, 2.45) is 5.92 Å². The first-order valence-electron chi connectivity index (χ1n) is 4.33. The maximum Gasteiger partial charge on any atom is -0.00450 e. The van der Waals surface area contributed by atoms with Crippen molar-refractivity contribution < 1.29 is 0 Å². The molecule has 0 amide bonds. The fourth-order valence-corrected chi connectivity index (χ4v) is 1.16. The molecule has 0 aromatic heterocycles. The summed E-state index contributed by atoms with van der Waals surface area (Å²) in [7, 11) is 0. The highest BCUT2D eigenvalue weighted by Crippen LogP contribution is 2.14. The van der Waals surface area contributed by atoms with E-state index in [4.69, 9.17) is 10.8 Å². The van der Waals surface area contributed by atoms with Crippen LogP contribution in [0.1, 0.15) is 39.0 Å². The van der Waals surface area contributed by atoms with Crippen molar-refractivity contribution in [1.82, 2.24) is 0 Å². The molecule has 0 saturated heterocycles. The van der Waals surface area contributed by atoms with E-state index >= 15 is 0 Å². The number of unbranched alkanes of at least 4 members (excludes halogenated alkanes) is 1. The average Bonchev–Trinajstić information content (AvgIpc) is 2.03. The van der Waals surface area contributed by atoms with Crippen LogP contribution in [-0.4, -0.2) is 12.4 Å². The summed E-state index contributed by atoms with van der Waals surface area (Å²) in [4.78, 5) is 0. The summed E-state index contributed by atoms with van der Waals surface area (Å²) in [6, 6.07) is 0. The lowest BCUT2D eigenvalue weighted by Crippen LogP contribution is -1.99. The lowest BCUT2D eigenvalue weighted by Gasteiger charge is -2.09. The molecule has 2 N–H and O–H groups in total. The standard InChI is InChI=1S/C9H18N2/c1-2-9(6-8-11)5-3-4-7-10/h7-11H,2-6H2,1H3. The molecule has 1 unspecified atom stereocenters. The van der Waals surface area contributed by atoms with E-state index in [1.165, 1.54) is 18.9 Å². The van der Waals surface area contributed by atoms with Crippen molar-refractivity contribution in [2.45, 2.75) is 39.0 Å². The lowest BCUT2D eigenvalue weighted by molar-refractivity contribution is 0.478. The summed E-state index contributed by atoms with van der Waals surface area (Å²) < 4.78 is 0. The molecular formula is C9H18N2. The molecule has 0 bridgehead atoms. The summed E-state index contributed by atoms with van der Waals surface area (Å²) in [6.07, 6.45) is 8.21. The minimum Gasteiger partial charge on any atom is -0.313 e. The van der Waals surface area contributed by atoms with E-state index in [1.807, 2.05) is 0 Å². The second kappa shape index (κ2) is 7.45. The number of nitrogens with one attached hydrogen (secondary N) is 2. The third-order valence-electron chi connectivity index (χ3n) is 1.99. The third kappa shape index (κ3) is 5.77. The van der Waals surface area contributed by atoms with Gasteiger partial charge in [0.1, 0.15) is 0 Å². The second-order valence-electron chi connectivity index (χ2n) is 2.85. The fraction of sp³-hybridized carbons (Fsp3) is 0.778. The third-order valence-corrected chi connectivity index (χ3v) is 1.99. The summed E-state index contributed by atoms with van der Waals surface area (Å²) >= 11 is 0. The van der Waals surface area contributed by atoms with Crippen LogP contribution in [0.3, 0.4) is 0 Å². The highest BCUT2D eigenvalue weighted by atomic mass is 14.3. The molecule has 2 nitrogen and oxygen atoms in total. The first-order chi connectivity index (χ1) is 5.35. The van der Waals surface area contributed by atoms with Gasteiger partial charge in [-0.15, -0.1) is 0 Å². The maximum absolute atomic E-state index is 6.95. The van der Waals surface area contributed by atoms with Crippen molar-refractivity contribution in [2.75, 3.05) is 0 Å². The molecule has 0 aliphatic carbocycles. The van der Waals surface area contributed by atoms with Gasteiger partial charge in [-0.3, -0.25) is 0 Å². The molecule has 0 aromatic carbocycles. The predicted molar refractivity (Wildman–Crippen MR) is 49.8 cm³/mol. The van der Waals surface area contributed by atoms with E-state index in [2.05, 4.69) is 6.92 Å². The Labute approximate surface area is 69.0 Å². The van der Waals surface area contributed by atoms with Crippen LogP contribution in [0, 0.1) is 16.7 Å². The van der Waals surface area contributed by atoms with E-state index in [0.717, 1.165) is 25.7 Å². The van der Waals surface area contributed by atoms with Crippen molar-refractivity contribution in [3.63, 3.8) is 0 Å². The molecule has 2 heteroatoms. The molecule has 0 radical (unpaired) electrons. The summed E-state index contributed by atoms with van der Waals surface area (Å²) in [5.74, 6) is 0.674. The van der Waals surface area contributed by atoms with Crippen molar-refractivity contribution in [1.29, 1.82) is 10.8 Å². The van der Waals surface area contributed by atoms with E-state index in [0.29, 0.717) is 5.92 Å². The van der Waals surface area contributed by atoms with Gasteiger partial charge in [0.25, 0.3) is 0 Å². The molecule has 0 heterocycles. The van der Waals surface area contributed by atoms with Gasteiger partial charge in [0.15, 0.2) is 0 Å². The molecule has 0 rings (SSSR count). The van der Waals surface area contributed by atoms with Gasteiger partial charge in [-0.25, -0.2) is 0 Å². The molecule has 0 fully saturated rings. The zero-order valence-electron chi connectivity index (χ0n) is 7.27. The zero-order chi connectivity index (χ0) is 8.53. The largest absolute Gasteiger partial charge is 0.313 e. The Morgan fingerprint density at radius 3 is 2.45 bits per heavy atom. The Morgan fingerprint density at radius 2 is 2.00 bits per heavy atom. The highest BCUT2D eigenvalue weighted by Gasteiger charge is 2.02. The van der Waals surface area contributed by atoms with Gasteiger partial charge >= 0.3 is 0 Å². The van der Waals surface area contributed by atoms with Crippen molar-refractivity contribution in [3.05, 3.63) is 0 Å². The first kappa shape index (κ1) is 10.3. The first-order valence-corrected chi connectivity index (χ1v) is 4.33. The monoisotopic (exact) mass is 154 g/mol. The van der Waals surface area contributed by atoms with E-state index in [1.54, 1.807) is 0 Å². The molecule has 0 spiro atoms. The van der Waals surface area contributed by atoms with Crippen LogP contribution >= 0.6 is 0 Å². The molecular weight excluding hydrogens is 136 g/mol. The van der Waals surface area contributed by atoms with E-state index < -0.39 is 0 Å². The van der Waals surface area contributed by atoms with Crippen LogP contribution in [0.4, 0.5) is 0 Å². The van der Waals surface area contributed by atoms with E-state index in [9.17, 15) is 0 Å². The van der Waals surface area contributed by atoms with Crippen LogP contribution in [0.15, 0.2) is 0 Å². The average molecular weight is 154 g/mol. The van der Waals surface area contributed by atoms with Gasteiger partial charge in [0.05, 0.1) is 0 Å². The quantitative estimate of drug-likeness (QED) is 0.418.